The van der Waals surface area contributed by atoms with Crippen LogP contribution in [-0.2, 0) is 0 Å². The topological polar surface area (TPSA) is 0 Å². The van der Waals surface area contributed by atoms with Crippen molar-refractivity contribution in [1.82, 2.24) is 0 Å². The van der Waals surface area contributed by atoms with Crippen LogP contribution >= 0.6 is 0 Å². The zero-order chi connectivity index (χ0) is 15.6. The van der Waals surface area contributed by atoms with Gasteiger partial charge in [-0.1, -0.05) is 93.0 Å². The van der Waals surface area contributed by atoms with Crippen molar-refractivity contribution in [2.24, 2.45) is 0 Å². The van der Waals surface area contributed by atoms with Crippen LogP contribution in [0.1, 0.15) is 45.1 Å². The van der Waals surface area contributed by atoms with E-state index in [0.29, 0.717) is 0 Å². The van der Waals surface area contributed by atoms with Gasteiger partial charge in [0.25, 0.3) is 0 Å². The Bertz CT molecular complexity index is 684. The SMILES string of the molecule is CCCC1=C(CCC)[Si](C)(c2ccccc2)c2ccccc21. The zero-order valence-electron chi connectivity index (χ0n) is 14.0. The number of rotatable bonds is 5. The Balaban J connectivity index is 2.26. The van der Waals surface area contributed by atoms with E-state index in [-0.39, 0.29) is 0 Å². The Hall–Kier alpha value is -1.60. The maximum atomic E-state index is 2.56. The lowest BCUT2D eigenvalue weighted by molar-refractivity contribution is 0.920. The molecule has 0 saturated carbocycles. The molecular formula is C21H26Si. The summed E-state index contributed by atoms with van der Waals surface area (Å²) >= 11 is 0. The van der Waals surface area contributed by atoms with Gasteiger partial charge < -0.3 is 0 Å². The molecule has 1 aliphatic heterocycles. The smallest absolute Gasteiger partial charge is 0.0678 e. The molecule has 2 aromatic rings. The number of fused-ring (bicyclic) bond motifs is 1. The van der Waals surface area contributed by atoms with Gasteiger partial charge in [-0.3, -0.25) is 0 Å². The third-order valence-corrected chi connectivity index (χ3v) is 9.87. The van der Waals surface area contributed by atoms with E-state index in [2.05, 4.69) is 75.0 Å². The second-order valence-corrected chi connectivity index (χ2v) is 10.5. The molecule has 2 aromatic carbocycles. The van der Waals surface area contributed by atoms with Gasteiger partial charge in [-0.15, -0.1) is 0 Å². The lowest BCUT2D eigenvalue weighted by Gasteiger charge is -2.28. The van der Waals surface area contributed by atoms with Crippen molar-refractivity contribution in [3.05, 3.63) is 65.4 Å². The van der Waals surface area contributed by atoms with Crippen LogP contribution < -0.4 is 10.4 Å². The molecule has 0 radical (unpaired) electrons. The minimum absolute atomic E-state index is 1.22. The second kappa shape index (κ2) is 6.25. The molecule has 1 atom stereocenters. The minimum atomic E-state index is -1.75. The molecule has 3 rings (SSSR count). The first-order chi connectivity index (χ1) is 10.7. The van der Waals surface area contributed by atoms with E-state index in [1.165, 1.54) is 25.7 Å². The van der Waals surface area contributed by atoms with Gasteiger partial charge in [0.05, 0.1) is 0 Å². The summed E-state index contributed by atoms with van der Waals surface area (Å²) in [4.78, 5) is 0. The molecule has 0 N–H and O–H groups in total. The molecule has 0 amide bonds. The molecule has 0 fully saturated rings. The Kier molecular flexibility index (Phi) is 4.35. The van der Waals surface area contributed by atoms with Crippen molar-refractivity contribution in [2.75, 3.05) is 0 Å². The Labute approximate surface area is 135 Å². The van der Waals surface area contributed by atoms with Crippen LogP contribution in [0, 0.1) is 0 Å². The Morgan fingerprint density at radius 2 is 1.41 bits per heavy atom. The molecule has 114 valence electrons. The number of hydrogen-bond donors (Lipinski definition) is 0. The molecule has 1 aliphatic rings. The lowest BCUT2D eigenvalue weighted by Crippen LogP contribution is -2.56. The summed E-state index contributed by atoms with van der Waals surface area (Å²) in [6, 6.07) is 20.5. The van der Waals surface area contributed by atoms with Gasteiger partial charge in [0.1, 0.15) is 8.07 Å². The van der Waals surface area contributed by atoms with Gasteiger partial charge in [0.15, 0.2) is 0 Å². The number of benzene rings is 2. The Morgan fingerprint density at radius 3 is 2.09 bits per heavy atom. The van der Waals surface area contributed by atoms with E-state index in [1.807, 2.05) is 0 Å². The van der Waals surface area contributed by atoms with Crippen LogP contribution in [0.25, 0.3) is 5.57 Å². The van der Waals surface area contributed by atoms with Crippen molar-refractivity contribution >= 4 is 24.0 Å². The van der Waals surface area contributed by atoms with E-state index in [9.17, 15) is 0 Å². The van der Waals surface area contributed by atoms with Gasteiger partial charge in [-0.05, 0) is 34.4 Å². The summed E-state index contributed by atoms with van der Waals surface area (Å²) in [7, 11) is -1.75. The summed E-state index contributed by atoms with van der Waals surface area (Å²) in [5.74, 6) is 0. The van der Waals surface area contributed by atoms with Gasteiger partial charge >= 0.3 is 0 Å². The molecule has 0 nitrogen and oxygen atoms in total. The van der Waals surface area contributed by atoms with Crippen LogP contribution in [0.15, 0.2) is 59.8 Å². The normalized spacial score (nSPS) is 20.3. The molecule has 1 heteroatoms. The first kappa shape index (κ1) is 15.3. The fraction of sp³-hybridized carbons (Fsp3) is 0.333. The highest BCUT2D eigenvalue weighted by molar-refractivity contribution is 7.08. The third kappa shape index (κ3) is 2.28. The molecule has 0 aromatic heterocycles. The van der Waals surface area contributed by atoms with Crippen LogP contribution in [-0.4, -0.2) is 8.07 Å². The molecule has 1 unspecified atom stereocenters. The third-order valence-electron chi connectivity index (χ3n) is 5.11. The molecule has 0 saturated heterocycles. The molecule has 1 heterocycles. The fourth-order valence-corrected chi connectivity index (χ4v) is 8.76. The Morgan fingerprint density at radius 1 is 0.773 bits per heavy atom. The predicted molar refractivity (Wildman–Crippen MR) is 101 cm³/mol. The second-order valence-electron chi connectivity index (χ2n) is 6.49. The highest BCUT2D eigenvalue weighted by Gasteiger charge is 2.43. The van der Waals surface area contributed by atoms with Gasteiger partial charge in [0, 0.05) is 0 Å². The quantitative estimate of drug-likeness (QED) is 0.697. The molecule has 0 aliphatic carbocycles. The van der Waals surface area contributed by atoms with Gasteiger partial charge in [0.2, 0.25) is 0 Å². The van der Waals surface area contributed by atoms with Crippen LogP contribution in [0.2, 0.25) is 6.55 Å². The summed E-state index contributed by atoms with van der Waals surface area (Å²) in [5.41, 5.74) is 3.21. The fourth-order valence-electron chi connectivity index (χ4n) is 4.10. The van der Waals surface area contributed by atoms with E-state index < -0.39 is 8.07 Å². The van der Waals surface area contributed by atoms with Gasteiger partial charge in [-0.2, -0.15) is 0 Å². The lowest BCUT2D eigenvalue weighted by atomic mass is 10.00. The molecular weight excluding hydrogens is 280 g/mol. The molecule has 22 heavy (non-hydrogen) atoms. The van der Waals surface area contributed by atoms with Crippen LogP contribution in [0.4, 0.5) is 0 Å². The summed E-state index contributed by atoms with van der Waals surface area (Å²) in [6.45, 7) is 7.19. The predicted octanol–water partition coefficient (Wildman–Crippen LogP) is 4.79. The zero-order valence-corrected chi connectivity index (χ0v) is 15.0. The van der Waals surface area contributed by atoms with Crippen molar-refractivity contribution in [3.63, 3.8) is 0 Å². The standard InChI is InChI=1S/C21H26Si/c1-4-11-18-19-15-9-10-16-21(19)22(3,20(18)12-5-2)17-13-7-6-8-14-17/h6-10,13-16H,4-5,11-12H2,1-3H3. The van der Waals surface area contributed by atoms with E-state index in [4.69, 9.17) is 0 Å². The molecule has 0 bridgehead atoms. The first-order valence-electron chi connectivity index (χ1n) is 8.61. The largest absolute Gasteiger partial charge is 0.142 e. The highest BCUT2D eigenvalue weighted by Crippen LogP contribution is 2.38. The van der Waals surface area contributed by atoms with Crippen LogP contribution in [0.3, 0.4) is 0 Å². The summed E-state index contributed by atoms with van der Waals surface area (Å²) in [5, 5.41) is 4.98. The number of hydrogen-bond acceptors (Lipinski definition) is 0. The maximum Gasteiger partial charge on any atom is 0.142 e. The number of allylic oxidation sites excluding steroid dienone is 2. The average molecular weight is 307 g/mol. The van der Waals surface area contributed by atoms with Crippen molar-refractivity contribution in [2.45, 2.75) is 46.1 Å². The van der Waals surface area contributed by atoms with Crippen molar-refractivity contribution in [3.8, 4) is 0 Å². The maximum absolute atomic E-state index is 2.56. The van der Waals surface area contributed by atoms with Gasteiger partial charge in [-0.25, -0.2) is 0 Å². The average Bonchev–Trinajstić information content (AvgIpc) is 2.81. The summed E-state index contributed by atoms with van der Waals surface area (Å²) in [6.07, 6.45) is 4.95. The van der Waals surface area contributed by atoms with E-state index in [0.717, 1.165) is 0 Å². The first-order valence-corrected chi connectivity index (χ1v) is 11.1. The highest BCUT2D eigenvalue weighted by atomic mass is 28.3. The van der Waals surface area contributed by atoms with E-state index in [1.54, 1.807) is 26.7 Å². The van der Waals surface area contributed by atoms with Crippen molar-refractivity contribution in [1.29, 1.82) is 0 Å². The summed E-state index contributed by atoms with van der Waals surface area (Å²) < 4.78 is 0. The van der Waals surface area contributed by atoms with E-state index >= 15 is 0 Å². The monoisotopic (exact) mass is 306 g/mol. The van der Waals surface area contributed by atoms with Crippen molar-refractivity contribution < 1.29 is 0 Å². The minimum Gasteiger partial charge on any atom is -0.0678 e. The molecule has 0 spiro atoms. The van der Waals surface area contributed by atoms with Crippen LogP contribution in [0.5, 0.6) is 0 Å².